The molecule has 0 saturated heterocycles. The number of nitrogens with zero attached hydrogens (tertiary/aromatic N) is 2. The van der Waals surface area contributed by atoms with Gasteiger partial charge in [-0.15, -0.1) is 48.0 Å². The number of fused-ring (bicyclic) bond motifs is 3. The molecule has 0 bridgehead atoms. The van der Waals surface area contributed by atoms with Crippen LogP contribution in [0.25, 0.3) is 55.6 Å². The Morgan fingerprint density at radius 3 is 2.21 bits per heavy atom. The maximum atomic E-state index is 6.02. The van der Waals surface area contributed by atoms with Crippen LogP contribution in [-0.2, 0) is 20.1 Å². The summed E-state index contributed by atoms with van der Waals surface area (Å²) in [4.78, 5) is 8.80. The molecule has 1 radical (unpaired) electrons. The van der Waals surface area contributed by atoms with Crippen LogP contribution in [0.15, 0.2) is 132 Å². The predicted molar refractivity (Wildman–Crippen MR) is 154 cm³/mol. The maximum Gasteiger partial charge on any atom is 0.120 e. The summed E-state index contributed by atoms with van der Waals surface area (Å²) in [6.07, 6.45) is 3.60. The molecule has 7 rings (SSSR count). The van der Waals surface area contributed by atoms with Gasteiger partial charge in [0.05, 0.1) is 5.58 Å². The number of aromatic nitrogens is 2. The first-order chi connectivity index (χ1) is 18.8. The van der Waals surface area contributed by atoms with Crippen molar-refractivity contribution < 1.29 is 24.5 Å². The first-order valence-electron chi connectivity index (χ1n) is 12.5. The van der Waals surface area contributed by atoms with E-state index < -0.39 is 0 Å². The van der Waals surface area contributed by atoms with Crippen LogP contribution in [-0.4, -0.2) is 9.97 Å². The van der Waals surface area contributed by atoms with E-state index in [1.807, 2.05) is 78.9 Å². The summed E-state index contributed by atoms with van der Waals surface area (Å²) < 4.78 is 6.02. The molecule has 191 valence electrons. The topological polar surface area (TPSA) is 38.9 Å². The van der Waals surface area contributed by atoms with Gasteiger partial charge in [0.2, 0.25) is 0 Å². The molecule has 0 unspecified atom stereocenters. The number of pyridine rings is 2. The summed E-state index contributed by atoms with van der Waals surface area (Å²) in [5.41, 5.74) is 9.10. The van der Waals surface area contributed by atoms with Crippen molar-refractivity contribution in [3.63, 3.8) is 0 Å². The first kappa shape index (κ1) is 26.2. The number of benzene rings is 4. The molecule has 0 aliphatic heterocycles. The Bertz CT molecular complexity index is 1750. The van der Waals surface area contributed by atoms with Gasteiger partial charge in [-0.3, -0.25) is 0 Å². The van der Waals surface area contributed by atoms with Crippen molar-refractivity contribution in [1.82, 2.24) is 9.97 Å². The monoisotopic (exact) mass is 681 g/mol. The van der Waals surface area contributed by atoms with Gasteiger partial charge in [-0.2, -0.15) is 0 Å². The quantitative estimate of drug-likeness (QED) is 0.175. The fourth-order valence-corrected chi connectivity index (χ4v) is 4.53. The van der Waals surface area contributed by atoms with Crippen LogP contribution in [0.2, 0.25) is 0 Å². The molecule has 3 heterocycles. The molecule has 0 aliphatic carbocycles. The molecule has 0 atom stereocenters. The van der Waals surface area contributed by atoms with Gasteiger partial charge in [0.15, 0.2) is 0 Å². The molecule has 0 spiro atoms. The Hall–Kier alpha value is -4.37. The number of hydrogen-bond acceptors (Lipinski definition) is 3. The van der Waals surface area contributed by atoms with Crippen LogP contribution in [0.5, 0.6) is 0 Å². The van der Waals surface area contributed by atoms with Gasteiger partial charge in [-0.25, -0.2) is 0 Å². The van der Waals surface area contributed by atoms with E-state index in [0.717, 1.165) is 50.0 Å². The zero-order chi connectivity index (χ0) is 25.7. The van der Waals surface area contributed by atoms with Crippen LogP contribution < -0.4 is 0 Å². The maximum absolute atomic E-state index is 6.02. The minimum Gasteiger partial charge on any atom is -0.501 e. The van der Waals surface area contributed by atoms with Gasteiger partial charge in [0, 0.05) is 37.9 Å². The molecule has 0 amide bonds. The van der Waals surface area contributed by atoms with Crippen LogP contribution >= 0.6 is 0 Å². The molecule has 4 aromatic carbocycles. The minimum atomic E-state index is 0. The number of rotatable bonds is 3. The van der Waals surface area contributed by atoms with Gasteiger partial charge >= 0.3 is 0 Å². The van der Waals surface area contributed by atoms with Gasteiger partial charge in [0.25, 0.3) is 0 Å². The summed E-state index contributed by atoms with van der Waals surface area (Å²) in [5.74, 6) is 0. The van der Waals surface area contributed by atoms with Gasteiger partial charge in [0.1, 0.15) is 5.58 Å². The van der Waals surface area contributed by atoms with Gasteiger partial charge in [-0.05, 0) is 36.5 Å². The van der Waals surface area contributed by atoms with Crippen LogP contribution in [0.4, 0.5) is 0 Å². The molecule has 3 aromatic heterocycles. The fourth-order valence-electron chi connectivity index (χ4n) is 4.53. The van der Waals surface area contributed by atoms with Crippen LogP contribution in [0, 0.1) is 19.1 Å². The molecule has 7 aromatic rings. The Labute approximate surface area is 241 Å². The van der Waals surface area contributed by atoms with Crippen molar-refractivity contribution in [2.75, 3.05) is 0 Å². The predicted octanol–water partition coefficient (Wildman–Crippen LogP) is 8.97. The van der Waals surface area contributed by atoms with E-state index >= 15 is 0 Å². The fraction of sp³-hybridized carbons (Fsp3) is 0.0286. The van der Waals surface area contributed by atoms with Crippen molar-refractivity contribution in [3.8, 4) is 33.6 Å². The second-order valence-electron chi connectivity index (χ2n) is 8.93. The Morgan fingerprint density at radius 2 is 1.44 bits per heavy atom. The summed E-state index contributed by atoms with van der Waals surface area (Å²) in [7, 11) is 0. The summed E-state index contributed by atoms with van der Waals surface area (Å²) >= 11 is 0. The van der Waals surface area contributed by atoms with E-state index in [9.17, 15) is 0 Å². The average Bonchev–Trinajstić information content (AvgIpc) is 3.38. The zero-order valence-corrected chi connectivity index (χ0v) is 23.7. The third-order valence-electron chi connectivity index (χ3n) is 6.45. The van der Waals surface area contributed by atoms with E-state index in [4.69, 9.17) is 4.42 Å². The number of aryl methyl sites for hydroxylation is 1. The molecule has 0 aliphatic rings. The number of hydrogen-bond donors (Lipinski definition) is 0. The van der Waals surface area contributed by atoms with Crippen molar-refractivity contribution in [1.29, 1.82) is 0 Å². The third kappa shape index (κ3) is 5.58. The van der Waals surface area contributed by atoms with E-state index in [1.54, 1.807) is 12.4 Å². The minimum absolute atomic E-state index is 0. The molecular weight excluding hydrogens is 657 g/mol. The molecule has 3 nitrogen and oxygen atoms in total. The third-order valence-corrected chi connectivity index (χ3v) is 6.45. The first-order valence-corrected chi connectivity index (χ1v) is 12.5. The molecule has 0 saturated carbocycles. The second kappa shape index (κ2) is 12.0. The van der Waals surface area contributed by atoms with Crippen molar-refractivity contribution in [2.24, 2.45) is 0 Å². The normalized spacial score (nSPS) is 10.5. The van der Waals surface area contributed by atoms with Crippen LogP contribution in [0.3, 0.4) is 0 Å². The van der Waals surface area contributed by atoms with Crippen LogP contribution in [0.1, 0.15) is 5.56 Å². The SMILES string of the molecule is Cc1cccnc1-c1[c-]ccc2c1oc1ccccc12.[Ir].[c-]1cc(-c2ccccc2)ccc1-c1ccccn1. The Balaban J connectivity index is 0.000000155. The largest absolute Gasteiger partial charge is 0.501 e. The second-order valence-corrected chi connectivity index (χ2v) is 8.93. The summed E-state index contributed by atoms with van der Waals surface area (Å²) in [6.45, 7) is 2.05. The van der Waals surface area contributed by atoms with Gasteiger partial charge in [-0.1, -0.05) is 94.4 Å². The van der Waals surface area contributed by atoms with E-state index in [0.29, 0.717) is 0 Å². The van der Waals surface area contributed by atoms with Crippen molar-refractivity contribution in [2.45, 2.75) is 6.92 Å². The molecule has 0 N–H and O–H groups in total. The molecule has 0 fully saturated rings. The van der Waals surface area contributed by atoms with Crippen molar-refractivity contribution in [3.05, 3.63) is 145 Å². The molecular formula is C35H24IrN2O-2. The molecule has 4 heteroatoms. The molecule has 39 heavy (non-hydrogen) atoms. The van der Waals surface area contributed by atoms with Gasteiger partial charge < -0.3 is 14.4 Å². The number of para-hydroxylation sites is 1. The zero-order valence-electron chi connectivity index (χ0n) is 21.3. The average molecular weight is 681 g/mol. The Kier molecular flexibility index (Phi) is 8.07. The standard InChI is InChI=1S/C18H12NO.C17H12N.Ir/c1-12-6-5-11-19-17(12)15-9-4-8-14-13-7-2-3-10-16(13)20-18(14)15;1-2-6-14(7-3-1)15-9-11-16(12-10-15)17-8-4-5-13-18-17;/h2-8,10-11H,1H3;1-11,13H;/q2*-1;. The summed E-state index contributed by atoms with van der Waals surface area (Å²) in [5, 5.41) is 2.24. The smallest absolute Gasteiger partial charge is 0.120 e. The Morgan fingerprint density at radius 1 is 0.641 bits per heavy atom. The van der Waals surface area contributed by atoms with Crippen molar-refractivity contribution >= 4 is 21.9 Å². The number of furan rings is 1. The van der Waals surface area contributed by atoms with E-state index in [1.165, 1.54) is 11.1 Å². The van der Waals surface area contributed by atoms with E-state index in [-0.39, 0.29) is 20.1 Å². The summed E-state index contributed by atoms with van der Waals surface area (Å²) in [6, 6.07) is 45.0. The van der Waals surface area contributed by atoms with E-state index in [2.05, 4.69) is 65.4 Å².